The van der Waals surface area contributed by atoms with E-state index in [1.165, 1.54) is 19.3 Å². The van der Waals surface area contributed by atoms with Crippen molar-refractivity contribution in [2.75, 3.05) is 13.1 Å². The zero-order valence-corrected chi connectivity index (χ0v) is 12.1. The first kappa shape index (κ1) is 14.5. The first-order valence-electron chi connectivity index (χ1n) is 7.44. The Balaban J connectivity index is 1.92. The molecule has 2 N–H and O–H groups in total. The maximum absolute atomic E-state index is 5.70. The number of hydrogen-bond acceptors (Lipinski definition) is 5. The third-order valence-electron chi connectivity index (χ3n) is 3.69. The van der Waals surface area contributed by atoms with Crippen molar-refractivity contribution in [3.63, 3.8) is 0 Å². The first-order chi connectivity index (χ1) is 9.19. The molecule has 0 aliphatic carbocycles. The molecule has 0 bridgehead atoms. The zero-order chi connectivity index (χ0) is 13.7. The van der Waals surface area contributed by atoms with Crippen LogP contribution in [-0.4, -0.2) is 34.2 Å². The van der Waals surface area contributed by atoms with E-state index in [2.05, 4.69) is 28.9 Å². The highest BCUT2D eigenvalue weighted by atomic mass is 16.5. The third-order valence-corrected chi connectivity index (χ3v) is 3.69. The van der Waals surface area contributed by atoms with Crippen molar-refractivity contribution in [1.29, 1.82) is 0 Å². The van der Waals surface area contributed by atoms with E-state index in [9.17, 15) is 0 Å². The largest absolute Gasteiger partial charge is 0.338 e. The molecule has 2 rings (SSSR count). The van der Waals surface area contributed by atoms with E-state index in [1.54, 1.807) is 0 Å². The number of nitrogens with two attached hydrogens (primary N) is 1. The molecule has 1 aliphatic rings. The van der Waals surface area contributed by atoms with Crippen LogP contribution in [0.1, 0.15) is 51.2 Å². The van der Waals surface area contributed by atoms with E-state index in [4.69, 9.17) is 10.3 Å². The van der Waals surface area contributed by atoms with Crippen molar-refractivity contribution in [1.82, 2.24) is 15.0 Å². The minimum Gasteiger partial charge on any atom is -0.338 e. The Morgan fingerprint density at radius 2 is 2.26 bits per heavy atom. The molecule has 19 heavy (non-hydrogen) atoms. The van der Waals surface area contributed by atoms with Crippen LogP contribution >= 0.6 is 0 Å². The second-order valence-corrected chi connectivity index (χ2v) is 5.90. The molecule has 0 amide bonds. The lowest BCUT2D eigenvalue weighted by Crippen LogP contribution is -2.40. The van der Waals surface area contributed by atoms with Gasteiger partial charge in [0, 0.05) is 12.5 Å². The van der Waals surface area contributed by atoms with Gasteiger partial charge in [0.05, 0.1) is 6.54 Å². The number of likely N-dealkylation sites (tertiary alicyclic amines) is 1. The third kappa shape index (κ3) is 4.28. The molecule has 2 heterocycles. The number of nitrogens with zero attached hydrogens (tertiary/aromatic N) is 3. The van der Waals surface area contributed by atoms with Gasteiger partial charge in [-0.3, -0.25) is 4.90 Å². The van der Waals surface area contributed by atoms with E-state index < -0.39 is 0 Å². The highest BCUT2D eigenvalue weighted by molar-refractivity contribution is 4.89. The molecule has 1 unspecified atom stereocenters. The maximum Gasteiger partial charge on any atom is 0.240 e. The number of hydrogen-bond donors (Lipinski definition) is 1. The molecule has 1 atom stereocenters. The molecule has 1 aliphatic heterocycles. The van der Waals surface area contributed by atoms with Crippen LogP contribution in [0.15, 0.2) is 4.52 Å². The zero-order valence-electron chi connectivity index (χ0n) is 12.1. The second kappa shape index (κ2) is 7.01. The molecule has 1 saturated heterocycles. The maximum atomic E-state index is 5.70. The number of aromatic nitrogens is 2. The Bertz CT molecular complexity index is 375. The van der Waals surface area contributed by atoms with E-state index >= 15 is 0 Å². The minimum atomic E-state index is 0.561. The minimum absolute atomic E-state index is 0.561. The fourth-order valence-corrected chi connectivity index (χ4v) is 2.76. The summed E-state index contributed by atoms with van der Waals surface area (Å²) in [6, 6.07) is 0.583. The molecule has 1 aromatic heterocycles. The summed E-state index contributed by atoms with van der Waals surface area (Å²) < 4.78 is 5.36. The van der Waals surface area contributed by atoms with E-state index in [-0.39, 0.29) is 0 Å². The summed E-state index contributed by atoms with van der Waals surface area (Å²) in [5, 5.41) is 4.06. The van der Waals surface area contributed by atoms with Gasteiger partial charge < -0.3 is 10.3 Å². The lowest BCUT2D eigenvalue weighted by Gasteiger charge is -2.34. The molecule has 1 aromatic rings. The quantitative estimate of drug-likeness (QED) is 0.852. The van der Waals surface area contributed by atoms with Gasteiger partial charge in [-0.25, -0.2) is 0 Å². The van der Waals surface area contributed by atoms with Crippen molar-refractivity contribution in [2.24, 2.45) is 11.7 Å². The molecular weight excluding hydrogens is 240 g/mol. The summed E-state index contributed by atoms with van der Waals surface area (Å²) in [6.45, 7) is 6.97. The van der Waals surface area contributed by atoms with Gasteiger partial charge in [-0.05, 0) is 38.3 Å². The van der Waals surface area contributed by atoms with Gasteiger partial charge in [0.1, 0.15) is 0 Å². The predicted octanol–water partition coefficient (Wildman–Crippen LogP) is 1.97. The summed E-state index contributed by atoms with van der Waals surface area (Å²) in [5.41, 5.74) is 5.70. The average molecular weight is 266 g/mol. The van der Waals surface area contributed by atoms with Crippen LogP contribution in [0.5, 0.6) is 0 Å². The van der Waals surface area contributed by atoms with Crippen LogP contribution in [-0.2, 0) is 13.0 Å². The molecule has 1 fully saturated rings. The van der Waals surface area contributed by atoms with E-state index in [0.717, 1.165) is 44.2 Å². The Morgan fingerprint density at radius 3 is 3.00 bits per heavy atom. The fraction of sp³-hybridized carbons (Fsp3) is 0.857. The first-order valence-corrected chi connectivity index (χ1v) is 7.44. The molecule has 0 aromatic carbocycles. The number of piperidine rings is 1. The van der Waals surface area contributed by atoms with Gasteiger partial charge in [0.2, 0.25) is 5.89 Å². The summed E-state index contributed by atoms with van der Waals surface area (Å²) in [6.07, 6.45) is 5.75. The van der Waals surface area contributed by atoms with Crippen LogP contribution in [0.4, 0.5) is 0 Å². The van der Waals surface area contributed by atoms with Crippen LogP contribution in [0.3, 0.4) is 0 Å². The summed E-state index contributed by atoms with van der Waals surface area (Å²) >= 11 is 0. The van der Waals surface area contributed by atoms with Gasteiger partial charge in [-0.15, -0.1) is 0 Å². The van der Waals surface area contributed by atoms with Crippen molar-refractivity contribution < 1.29 is 4.52 Å². The van der Waals surface area contributed by atoms with E-state index in [1.807, 2.05) is 0 Å². The van der Waals surface area contributed by atoms with Crippen molar-refractivity contribution >= 4 is 0 Å². The molecular formula is C14H26N4O. The molecule has 5 nitrogen and oxygen atoms in total. The summed E-state index contributed by atoms with van der Waals surface area (Å²) in [7, 11) is 0. The summed E-state index contributed by atoms with van der Waals surface area (Å²) in [4.78, 5) is 6.94. The lowest BCUT2D eigenvalue weighted by molar-refractivity contribution is 0.118. The number of rotatable bonds is 6. The second-order valence-electron chi connectivity index (χ2n) is 5.90. The monoisotopic (exact) mass is 266 g/mol. The SMILES string of the molecule is CC(C)Cc1noc(CN2CCCCC2CCN)n1. The van der Waals surface area contributed by atoms with Crippen LogP contribution in [0, 0.1) is 5.92 Å². The standard InChI is InChI=1S/C14H26N4O/c1-11(2)9-13-16-14(19-17-13)10-18-8-4-3-5-12(18)6-7-15/h11-12H,3-10,15H2,1-2H3. The topological polar surface area (TPSA) is 68.2 Å². The molecule has 0 radical (unpaired) electrons. The van der Waals surface area contributed by atoms with Gasteiger partial charge in [-0.1, -0.05) is 25.4 Å². The Kier molecular flexibility index (Phi) is 5.34. The normalized spacial score (nSPS) is 21.2. The Labute approximate surface area is 115 Å². The van der Waals surface area contributed by atoms with Gasteiger partial charge >= 0.3 is 0 Å². The van der Waals surface area contributed by atoms with Crippen molar-refractivity contribution in [3.05, 3.63) is 11.7 Å². The van der Waals surface area contributed by atoms with Crippen molar-refractivity contribution in [3.8, 4) is 0 Å². The lowest BCUT2D eigenvalue weighted by atomic mass is 9.99. The fourth-order valence-electron chi connectivity index (χ4n) is 2.76. The molecule has 5 heteroatoms. The van der Waals surface area contributed by atoms with Gasteiger partial charge in [0.25, 0.3) is 0 Å². The van der Waals surface area contributed by atoms with Crippen LogP contribution in [0.2, 0.25) is 0 Å². The average Bonchev–Trinajstić information content (AvgIpc) is 2.78. The predicted molar refractivity (Wildman–Crippen MR) is 74.6 cm³/mol. The molecule has 0 saturated carbocycles. The highest BCUT2D eigenvalue weighted by Crippen LogP contribution is 2.21. The van der Waals surface area contributed by atoms with E-state index in [0.29, 0.717) is 12.0 Å². The Morgan fingerprint density at radius 1 is 1.42 bits per heavy atom. The summed E-state index contributed by atoms with van der Waals surface area (Å²) in [5.74, 6) is 2.14. The molecule has 108 valence electrons. The Hall–Kier alpha value is -0.940. The van der Waals surface area contributed by atoms with Crippen molar-refractivity contribution in [2.45, 2.75) is 58.5 Å². The van der Waals surface area contributed by atoms with Crippen LogP contribution in [0.25, 0.3) is 0 Å². The van der Waals surface area contributed by atoms with Crippen LogP contribution < -0.4 is 5.73 Å². The molecule has 0 spiro atoms. The highest BCUT2D eigenvalue weighted by Gasteiger charge is 2.23. The smallest absolute Gasteiger partial charge is 0.240 e. The van der Waals surface area contributed by atoms with Gasteiger partial charge in [0.15, 0.2) is 5.82 Å². The van der Waals surface area contributed by atoms with Gasteiger partial charge in [-0.2, -0.15) is 4.98 Å².